The van der Waals surface area contributed by atoms with Gasteiger partial charge in [0.05, 0.1) is 35.6 Å². The molecule has 35 heavy (non-hydrogen) atoms. The van der Waals surface area contributed by atoms with Gasteiger partial charge in [0.2, 0.25) is 10.0 Å². The summed E-state index contributed by atoms with van der Waals surface area (Å²) < 4.78 is 111. The van der Waals surface area contributed by atoms with Gasteiger partial charge in [0, 0.05) is 12.6 Å². The first-order chi connectivity index (χ1) is 16.1. The van der Waals surface area contributed by atoms with E-state index in [1.807, 2.05) is 12.1 Å². The smallest absolute Gasteiger partial charge is 0.372 e. The standard InChI is InChI=1S/C23H26F6N2O3S/c1-15(16-10-18(22(24,25)26)12-19(11-16)23(27,28)29)34-14-21(17-6-4-3-5-7-17)9-8-20(13-30-21)31-35(2,32)33/h3-7,10-12,15,20,30-31H,8-9,13-14H2,1-2H3/t15-,20?,21-/m1/s1. The molecule has 1 fully saturated rings. The van der Waals surface area contributed by atoms with E-state index in [1.54, 1.807) is 18.2 Å². The van der Waals surface area contributed by atoms with Crippen molar-refractivity contribution >= 4 is 10.0 Å². The fourth-order valence-electron chi connectivity index (χ4n) is 4.12. The van der Waals surface area contributed by atoms with Crippen molar-refractivity contribution in [1.29, 1.82) is 0 Å². The van der Waals surface area contributed by atoms with Crippen molar-refractivity contribution in [3.05, 3.63) is 70.8 Å². The van der Waals surface area contributed by atoms with Crippen molar-refractivity contribution in [2.24, 2.45) is 0 Å². The Morgan fingerprint density at radius 1 is 1.06 bits per heavy atom. The van der Waals surface area contributed by atoms with Crippen LogP contribution in [0.2, 0.25) is 0 Å². The van der Waals surface area contributed by atoms with E-state index in [0.29, 0.717) is 25.0 Å². The average molecular weight is 525 g/mol. The highest BCUT2D eigenvalue weighted by Crippen LogP contribution is 2.39. The minimum atomic E-state index is -4.95. The SMILES string of the molecule is C[C@@H](OC[C@@]1(c2ccccc2)CCC(NS(C)(=O)=O)CN1)c1cc(C(F)(F)F)cc(C(F)(F)F)c1. The molecular formula is C23H26F6N2O3S. The van der Waals surface area contributed by atoms with Gasteiger partial charge in [0.15, 0.2) is 0 Å². The van der Waals surface area contributed by atoms with Gasteiger partial charge in [-0.05, 0) is 49.1 Å². The molecule has 1 aliphatic heterocycles. The van der Waals surface area contributed by atoms with Gasteiger partial charge in [-0.1, -0.05) is 30.3 Å². The molecule has 0 bridgehead atoms. The lowest BCUT2D eigenvalue weighted by Gasteiger charge is -2.42. The first kappa shape index (κ1) is 27.4. The van der Waals surface area contributed by atoms with Crippen LogP contribution in [0.25, 0.3) is 0 Å². The van der Waals surface area contributed by atoms with Crippen LogP contribution in [-0.4, -0.2) is 33.9 Å². The molecule has 0 saturated carbocycles. The van der Waals surface area contributed by atoms with Crippen LogP contribution in [0.3, 0.4) is 0 Å². The van der Waals surface area contributed by atoms with Crippen molar-refractivity contribution in [2.75, 3.05) is 19.4 Å². The van der Waals surface area contributed by atoms with E-state index in [2.05, 4.69) is 10.0 Å². The van der Waals surface area contributed by atoms with Gasteiger partial charge in [0.25, 0.3) is 0 Å². The van der Waals surface area contributed by atoms with Gasteiger partial charge < -0.3 is 10.1 Å². The van der Waals surface area contributed by atoms with Crippen molar-refractivity contribution in [1.82, 2.24) is 10.0 Å². The lowest BCUT2D eigenvalue weighted by Crippen LogP contribution is -2.57. The van der Waals surface area contributed by atoms with Crippen LogP contribution >= 0.6 is 0 Å². The second kappa shape index (κ2) is 10.1. The molecule has 2 aromatic carbocycles. The largest absolute Gasteiger partial charge is 0.416 e. The van der Waals surface area contributed by atoms with E-state index in [1.165, 1.54) is 6.92 Å². The maximum Gasteiger partial charge on any atom is 0.416 e. The fraction of sp³-hybridized carbons (Fsp3) is 0.478. The van der Waals surface area contributed by atoms with E-state index in [0.717, 1.165) is 11.8 Å². The molecule has 2 aromatic rings. The predicted molar refractivity (Wildman–Crippen MR) is 118 cm³/mol. The normalized spacial score (nSPS) is 22.7. The Morgan fingerprint density at radius 3 is 2.09 bits per heavy atom. The molecule has 0 radical (unpaired) electrons. The summed E-state index contributed by atoms with van der Waals surface area (Å²) in [6.45, 7) is 1.61. The third kappa shape index (κ3) is 7.18. The van der Waals surface area contributed by atoms with E-state index >= 15 is 0 Å². The first-order valence-electron chi connectivity index (χ1n) is 10.8. The average Bonchev–Trinajstić information content (AvgIpc) is 2.77. The molecule has 1 saturated heterocycles. The molecule has 0 amide bonds. The summed E-state index contributed by atoms with van der Waals surface area (Å²) in [6, 6.07) is 10.1. The molecule has 0 aromatic heterocycles. The van der Waals surface area contributed by atoms with Gasteiger partial charge in [-0.15, -0.1) is 0 Å². The van der Waals surface area contributed by atoms with Crippen LogP contribution < -0.4 is 10.0 Å². The quantitative estimate of drug-likeness (QED) is 0.501. The van der Waals surface area contributed by atoms with Crippen molar-refractivity contribution in [3.8, 4) is 0 Å². The molecule has 1 unspecified atom stereocenters. The van der Waals surface area contributed by atoms with Crippen LogP contribution in [-0.2, 0) is 32.7 Å². The highest BCUT2D eigenvalue weighted by Gasteiger charge is 2.39. The van der Waals surface area contributed by atoms with Crippen molar-refractivity contribution in [2.45, 2.75) is 49.8 Å². The molecule has 2 N–H and O–H groups in total. The maximum atomic E-state index is 13.2. The summed E-state index contributed by atoms with van der Waals surface area (Å²) in [5.74, 6) is 0. The van der Waals surface area contributed by atoms with E-state index in [-0.39, 0.29) is 30.8 Å². The second-order valence-corrected chi connectivity index (χ2v) is 10.5. The van der Waals surface area contributed by atoms with Crippen molar-refractivity contribution in [3.63, 3.8) is 0 Å². The summed E-state index contributed by atoms with van der Waals surface area (Å²) >= 11 is 0. The molecule has 1 aliphatic rings. The Morgan fingerprint density at radius 2 is 1.63 bits per heavy atom. The summed E-state index contributed by atoms with van der Waals surface area (Å²) in [6.07, 6.45) is -9.04. The van der Waals surface area contributed by atoms with Crippen LogP contribution in [0.15, 0.2) is 48.5 Å². The highest BCUT2D eigenvalue weighted by molar-refractivity contribution is 7.88. The van der Waals surface area contributed by atoms with Gasteiger partial charge in [-0.2, -0.15) is 26.3 Å². The third-order valence-electron chi connectivity index (χ3n) is 5.97. The number of hydrogen-bond donors (Lipinski definition) is 2. The molecular weight excluding hydrogens is 498 g/mol. The minimum Gasteiger partial charge on any atom is -0.372 e. The molecule has 194 valence electrons. The van der Waals surface area contributed by atoms with Gasteiger partial charge in [0.1, 0.15) is 0 Å². The Hall–Kier alpha value is -2.15. The Kier molecular flexibility index (Phi) is 7.90. The first-order valence-corrected chi connectivity index (χ1v) is 12.7. The number of piperidine rings is 1. The lowest BCUT2D eigenvalue weighted by molar-refractivity contribution is -0.143. The monoisotopic (exact) mass is 524 g/mol. The van der Waals surface area contributed by atoms with E-state index in [9.17, 15) is 34.8 Å². The molecule has 0 spiro atoms. The van der Waals surface area contributed by atoms with Gasteiger partial charge >= 0.3 is 12.4 Å². The number of ether oxygens (including phenoxy) is 1. The zero-order chi connectivity index (χ0) is 26.1. The molecule has 0 aliphatic carbocycles. The molecule has 1 heterocycles. The number of sulfonamides is 1. The number of hydrogen-bond acceptors (Lipinski definition) is 4. The van der Waals surface area contributed by atoms with Crippen LogP contribution in [0.4, 0.5) is 26.3 Å². The number of rotatable bonds is 7. The predicted octanol–water partition coefficient (Wildman–Crippen LogP) is 5.00. The molecule has 12 heteroatoms. The third-order valence-corrected chi connectivity index (χ3v) is 6.73. The minimum absolute atomic E-state index is 0.0542. The maximum absolute atomic E-state index is 13.2. The summed E-state index contributed by atoms with van der Waals surface area (Å²) in [4.78, 5) is 0. The zero-order valence-electron chi connectivity index (χ0n) is 19.0. The highest BCUT2D eigenvalue weighted by atomic mass is 32.2. The van der Waals surface area contributed by atoms with Crippen LogP contribution in [0, 0.1) is 0 Å². The molecule has 5 nitrogen and oxygen atoms in total. The summed E-state index contributed by atoms with van der Waals surface area (Å²) in [5.41, 5.74) is -3.05. The zero-order valence-corrected chi connectivity index (χ0v) is 19.8. The summed E-state index contributed by atoms with van der Waals surface area (Å²) in [5, 5.41) is 3.29. The molecule has 3 atom stereocenters. The van der Waals surface area contributed by atoms with Gasteiger partial charge in [-0.25, -0.2) is 13.1 Å². The summed E-state index contributed by atoms with van der Waals surface area (Å²) in [7, 11) is -3.42. The Bertz CT molecular complexity index is 1080. The Labute approximate surface area is 199 Å². The lowest BCUT2D eigenvalue weighted by atomic mass is 9.81. The second-order valence-electron chi connectivity index (χ2n) is 8.75. The number of nitrogens with one attached hydrogen (secondary N) is 2. The van der Waals surface area contributed by atoms with E-state index in [4.69, 9.17) is 4.74 Å². The topological polar surface area (TPSA) is 67.4 Å². The Balaban J connectivity index is 1.85. The number of alkyl halides is 6. The van der Waals surface area contributed by atoms with E-state index < -0.39 is 45.1 Å². The van der Waals surface area contributed by atoms with Crippen LogP contribution in [0.1, 0.15) is 48.1 Å². The van der Waals surface area contributed by atoms with Gasteiger partial charge in [-0.3, -0.25) is 0 Å². The van der Waals surface area contributed by atoms with Crippen LogP contribution in [0.5, 0.6) is 0 Å². The van der Waals surface area contributed by atoms with Crippen molar-refractivity contribution < 1.29 is 39.5 Å². The molecule has 3 rings (SSSR count). The number of halogens is 6. The number of benzene rings is 2. The fourth-order valence-corrected chi connectivity index (χ4v) is 4.93.